The van der Waals surface area contributed by atoms with Crippen LogP contribution in [0.1, 0.15) is 48.4 Å². The molecule has 0 spiro atoms. The Bertz CT molecular complexity index is 941. The molecule has 1 aromatic heterocycles. The van der Waals surface area contributed by atoms with Crippen LogP contribution in [0.3, 0.4) is 0 Å². The van der Waals surface area contributed by atoms with Gasteiger partial charge in [0.05, 0.1) is 17.5 Å². The fourth-order valence-electron chi connectivity index (χ4n) is 2.67. The quantitative estimate of drug-likeness (QED) is 0.690. The van der Waals surface area contributed by atoms with Gasteiger partial charge in [0.25, 0.3) is 0 Å². The Labute approximate surface area is 146 Å². The number of hydrogen-bond acceptors (Lipinski definition) is 3. The molecule has 2 aromatic carbocycles. The van der Waals surface area contributed by atoms with E-state index in [1.54, 1.807) is 24.3 Å². The highest BCUT2D eigenvalue weighted by molar-refractivity contribution is 5.97. The number of benzene rings is 2. The lowest BCUT2D eigenvalue weighted by molar-refractivity contribution is -0.115. The number of hydrogen-bond donors (Lipinski definition) is 2. The van der Waals surface area contributed by atoms with Crippen molar-refractivity contribution in [3.05, 3.63) is 59.4 Å². The van der Waals surface area contributed by atoms with Gasteiger partial charge in [-0.1, -0.05) is 32.0 Å². The highest BCUT2D eigenvalue weighted by Gasteiger charge is 2.10. The number of fused-ring (bicyclic) bond motifs is 1. The maximum absolute atomic E-state index is 12.3. The number of carbonyl (C=O) groups is 2. The summed E-state index contributed by atoms with van der Waals surface area (Å²) in [6, 6.07) is 12.8. The van der Waals surface area contributed by atoms with Crippen molar-refractivity contribution in [1.82, 2.24) is 9.97 Å². The molecule has 0 bridgehead atoms. The smallest absolute Gasteiger partial charge is 0.228 e. The number of aromatic nitrogens is 2. The number of rotatable bonds is 5. The first-order chi connectivity index (χ1) is 11.9. The van der Waals surface area contributed by atoms with Gasteiger partial charge in [0, 0.05) is 17.2 Å². The van der Waals surface area contributed by atoms with E-state index in [0.29, 0.717) is 17.2 Å². The van der Waals surface area contributed by atoms with Crippen molar-refractivity contribution in [2.75, 3.05) is 5.32 Å². The van der Waals surface area contributed by atoms with Gasteiger partial charge in [-0.15, -0.1) is 0 Å². The third kappa shape index (κ3) is 3.94. The summed E-state index contributed by atoms with van der Waals surface area (Å²) in [5, 5.41) is 2.84. The Balaban J connectivity index is 1.73. The molecular formula is C20H21N3O2. The zero-order valence-corrected chi connectivity index (χ0v) is 14.6. The largest absolute Gasteiger partial charge is 0.342 e. The lowest BCUT2D eigenvalue weighted by Crippen LogP contribution is -2.14. The average Bonchev–Trinajstić information content (AvgIpc) is 2.98. The molecule has 0 aliphatic heterocycles. The first kappa shape index (κ1) is 16.9. The minimum absolute atomic E-state index is 0.0262. The van der Waals surface area contributed by atoms with Crippen LogP contribution in [-0.4, -0.2) is 21.7 Å². The predicted molar refractivity (Wildman–Crippen MR) is 99.0 cm³/mol. The van der Waals surface area contributed by atoms with Crippen LogP contribution in [0, 0.1) is 0 Å². The van der Waals surface area contributed by atoms with Crippen molar-refractivity contribution in [2.45, 2.75) is 33.1 Å². The van der Waals surface area contributed by atoms with Crippen LogP contribution in [0.2, 0.25) is 0 Å². The van der Waals surface area contributed by atoms with Crippen molar-refractivity contribution in [3.8, 4) is 0 Å². The highest BCUT2D eigenvalue weighted by atomic mass is 16.1. The van der Waals surface area contributed by atoms with Crippen LogP contribution >= 0.6 is 0 Å². The monoisotopic (exact) mass is 335 g/mol. The number of ketones is 1. The summed E-state index contributed by atoms with van der Waals surface area (Å²) in [7, 11) is 0. The van der Waals surface area contributed by atoms with Crippen molar-refractivity contribution in [1.29, 1.82) is 0 Å². The normalized spacial score (nSPS) is 11.0. The molecule has 0 unspecified atom stereocenters. The molecular weight excluding hydrogens is 314 g/mol. The standard InChI is InChI=1S/C20H21N3O2/c1-12(2)20-22-17-8-7-14(9-18(17)23-20)10-19(25)21-16-6-4-5-15(11-16)13(3)24/h4-9,11-12H,10H2,1-3H3,(H,21,25)(H,22,23). The van der Waals surface area contributed by atoms with Crippen LogP contribution in [0.15, 0.2) is 42.5 Å². The molecule has 0 saturated heterocycles. The van der Waals surface area contributed by atoms with E-state index < -0.39 is 0 Å². The summed E-state index contributed by atoms with van der Waals surface area (Å²) in [5.41, 5.74) is 3.96. The molecule has 0 aliphatic carbocycles. The van der Waals surface area contributed by atoms with E-state index in [0.717, 1.165) is 22.4 Å². The summed E-state index contributed by atoms with van der Waals surface area (Å²) < 4.78 is 0. The number of amides is 1. The number of carbonyl (C=O) groups excluding carboxylic acids is 2. The number of aromatic amines is 1. The van der Waals surface area contributed by atoms with Gasteiger partial charge in [-0.25, -0.2) is 4.98 Å². The zero-order chi connectivity index (χ0) is 18.0. The molecule has 25 heavy (non-hydrogen) atoms. The molecule has 0 radical (unpaired) electrons. The molecule has 2 N–H and O–H groups in total. The molecule has 0 aliphatic rings. The molecule has 1 amide bonds. The first-order valence-corrected chi connectivity index (χ1v) is 8.32. The Morgan fingerprint density at radius 2 is 1.96 bits per heavy atom. The first-order valence-electron chi connectivity index (χ1n) is 8.32. The fourth-order valence-corrected chi connectivity index (χ4v) is 2.67. The zero-order valence-electron chi connectivity index (χ0n) is 14.6. The second kappa shape index (κ2) is 6.89. The Hall–Kier alpha value is -2.95. The van der Waals surface area contributed by atoms with E-state index in [-0.39, 0.29) is 18.1 Å². The second-order valence-corrected chi connectivity index (χ2v) is 6.49. The molecule has 3 aromatic rings. The summed E-state index contributed by atoms with van der Waals surface area (Å²) in [6.45, 7) is 5.68. The molecule has 0 saturated carbocycles. The van der Waals surface area contributed by atoms with Gasteiger partial charge in [0.2, 0.25) is 5.91 Å². The fraction of sp³-hybridized carbons (Fsp3) is 0.250. The third-order valence-corrected chi connectivity index (χ3v) is 4.03. The summed E-state index contributed by atoms with van der Waals surface area (Å²) in [4.78, 5) is 31.6. The Morgan fingerprint density at radius 3 is 2.68 bits per heavy atom. The van der Waals surface area contributed by atoms with Crippen LogP contribution < -0.4 is 5.32 Å². The van der Waals surface area contributed by atoms with Gasteiger partial charge >= 0.3 is 0 Å². The van der Waals surface area contributed by atoms with E-state index in [1.165, 1.54) is 6.92 Å². The van der Waals surface area contributed by atoms with Crippen molar-refractivity contribution >= 4 is 28.4 Å². The van der Waals surface area contributed by atoms with Crippen molar-refractivity contribution < 1.29 is 9.59 Å². The van der Waals surface area contributed by atoms with Crippen LogP contribution in [0.25, 0.3) is 11.0 Å². The topological polar surface area (TPSA) is 74.8 Å². The van der Waals surface area contributed by atoms with E-state index in [1.807, 2.05) is 18.2 Å². The lowest BCUT2D eigenvalue weighted by atomic mass is 10.1. The van der Waals surface area contributed by atoms with E-state index in [9.17, 15) is 9.59 Å². The van der Waals surface area contributed by atoms with Crippen LogP contribution in [-0.2, 0) is 11.2 Å². The van der Waals surface area contributed by atoms with E-state index in [4.69, 9.17) is 0 Å². The van der Waals surface area contributed by atoms with Crippen LogP contribution in [0.4, 0.5) is 5.69 Å². The Morgan fingerprint density at radius 1 is 1.16 bits per heavy atom. The molecule has 5 nitrogen and oxygen atoms in total. The third-order valence-electron chi connectivity index (χ3n) is 4.03. The average molecular weight is 335 g/mol. The van der Waals surface area contributed by atoms with E-state index >= 15 is 0 Å². The molecule has 3 rings (SSSR count). The Kier molecular flexibility index (Phi) is 4.65. The van der Waals surface area contributed by atoms with Gasteiger partial charge in [-0.2, -0.15) is 0 Å². The minimum Gasteiger partial charge on any atom is -0.342 e. The number of H-pyrrole nitrogens is 1. The maximum Gasteiger partial charge on any atom is 0.228 e. The van der Waals surface area contributed by atoms with Gasteiger partial charge < -0.3 is 10.3 Å². The van der Waals surface area contributed by atoms with Crippen molar-refractivity contribution in [3.63, 3.8) is 0 Å². The summed E-state index contributed by atoms with van der Waals surface area (Å²) in [6.07, 6.45) is 0.260. The molecule has 0 fully saturated rings. The number of imidazole rings is 1. The van der Waals surface area contributed by atoms with Gasteiger partial charge in [-0.3, -0.25) is 9.59 Å². The lowest BCUT2D eigenvalue weighted by Gasteiger charge is -2.06. The molecule has 0 atom stereocenters. The minimum atomic E-state index is -0.122. The summed E-state index contributed by atoms with van der Waals surface area (Å²) >= 11 is 0. The molecule has 1 heterocycles. The highest BCUT2D eigenvalue weighted by Crippen LogP contribution is 2.19. The number of anilines is 1. The molecule has 128 valence electrons. The molecule has 5 heteroatoms. The number of nitrogens with zero attached hydrogens (tertiary/aromatic N) is 1. The van der Waals surface area contributed by atoms with Crippen LogP contribution in [0.5, 0.6) is 0 Å². The number of nitrogens with one attached hydrogen (secondary N) is 2. The van der Waals surface area contributed by atoms with Crippen molar-refractivity contribution in [2.24, 2.45) is 0 Å². The SMILES string of the molecule is CC(=O)c1cccc(NC(=O)Cc2ccc3nc(C(C)C)[nH]c3c2)c1. The number of Topliss-reactive ketones (excluding diaryl/α,β-unsaturated/α-hetero) is 1. The van der Waals surface area contributed by atoms with Gasteiger partial charge in [-0.05, 0) is 36.8 Å². The summed E-state index contributed by atoms with van der Waals surface area (Å²) in [5.74, 6) is 1.12. The van der Waals surface area contributed by atoms with Gasteiger partial charge in [0.1, 0.15) is 5.82 Å². The predicted octanol–water partition coefficient (Wildman–Crippen LogP) is 4.07. The van der Waals surface area contributed by atoms with E-state index in [2.05, 4.69) is 29.1 Å². The van der Waals surface area contributed by atoms with Gasteiger partial charge in [0.15, 0.2) is 5.78 Å². The second-order valence-electron chi connectivity index (χ2n) is 6.49. The maximum atomic E-state index is 12.3.